The van der Waals surface area contributed by atoms with Crippen molar-refractivity contribution in [3.05, 3.63) is 34.6 Å². The zero-order valence-corrected chi connectivity index (χ0v) is 23.0. The number of thiazole rings is 1. The first-order valence-electron chi connectivity index (χ1n) is 10.9. The Bertz CT molecular complexity index is 1460. The second-order valence-corrected chi connectivity index (χ2v) is 10.8. The molecule has 2 aromatic rings. The molecule has 8 N–H and O–H groups in total. The zero-order valence-electron chi connectivity index (χ0n) is 20.5. The summed E-state index contributed by atoms with van der Waals surface area (Å²) in [4.78, 5) is 47.9. The average Bonchev–Trinajstić information content (AvgIpc) is 3.45. The van der Waals surface area contributed by atoms with E-state index in [1.807, 2.05) is 0 Å². The summed E-state index contributed by atoms with van der Waals surface area (Å²) in [5, 5.41) is 26.7. The minimum absolute atomic E-state index is 0.134. The molecule has 0 bridgehead atoms. The van der Waals surface area contributed by atoms with Crippen molar-refractivity contribution in [3.63, 3.8) is 0 Å². The number of amides is 2. The Balaban J connectivity index is 0.000000810. The van der Waals surface area contributed by atoms with Crippen LogP contribution in [0.2, 0.25) is 0 Å². The molecule has 0 saturated carbocycles. The van der Waals surface area contributed by atoms with E-state index >= 15 is 0 Å². The molecule has 0 radical (unpaired) electrons. The van der Waals surface area contributed by atoms with Gasteiger partial charge in [-0.25, -0.2) is 18.2 Å². The van der Waals surface area contributed by atoms with Gasteiger partial charge in [0, 0.05) is 16.7 Å². The number of nitrogens with two attached hydrogens (primary N) is 2. The highest BCUT2D eigenvalue weighted by Crippen LogP contribution is 2.40. The number of carbonyl (C=O) groups is 3. The van der Waals surface area contributed by atoms with E-state index in [2.05, 4.69) is 15.5 Å². The van der Waals surface area contributed by atoms with E-state index in [-0.39, 0.29) is 41.9 Å². The van der Waals surface area contributed by atoms with Gasteiger partial charge in [0.05, 0.1) is 12.7 Å². The van der Waals surface area contributed by atoms with E-state index in [0.717, 1.165) is 11.3 Å². The molecule has 18 nitrogen and oxygen atoms in total. The Morgan fingerprint density at radius 3 is 2.62 bits per heavy atom. The van der Waals surface area contributed by atoms with Crippen LogP contribution in [-0.4, -0.2) is 96.7 Å². The predicted octanol–water partition coefficient (Wildman–Crippen LogP) is -2.82. The van der Waals surface area contributed by atoms with Crippen LogP contribution in [0.5, 0.6) is 0 Å². The number of nitrogens with one attached hydrogen (secondary N) is 1. The van der Waals surface area contributed by atoms with Gasteiger partial charge < -0.3 is 36.4 Å². The van der Waals surface area contributed by atoms with E-state index in [1.165, 1.54) is 29.2 Å². The molecule has 2 aliphatic rings. The van der Waals surface area contributed by atoms with Gasteiger partial charge in [0.25, 0.3) is 11.8 Å². The third-order valence-electron chi connectivity index (χ3n) is 5.39. The average molecular weight is 621 g/mol. The summed E-state index contributed by atoms with van der Waals surface area (Å²) in [6, 6.07) is 0.688. The molecular formula is C19H24N8O10S3. The number of nitrogen functional groups attached to an aromatic ring is 2. The third kappa shape index (κ3) is 7.05. The molecule has 2 atom stereocenters. The second kappa shape index (κ2) is 12.6. The van der Waals surface area contributed by atoms with Gasteiger partial charge in [-0.1, -0.05) is 5.16 Å². The number of carboxylic acid groups (broad SMARTS) is 1. The molecule has 4 heterocycles. The Morgan fingerprint density at radius 2 is 2.08 bits per heavy atom. The predicted molar refractivity (Wildman–Crippen MR) is 138 cm³/mol. The highest BCUT2D eigenvalue weighted by atomic mass is 32.3. The number of oxime groups is 1. The lowest BCUT2D eigenvalue weighted by atomic mass is 10.0. The number of aliphatic carboxylic acids is 1. The first kappa shape index (κ1) is 30.8. The van der Waals surface area contributed by atoms with Gasteiger partial charge in [-0.05, 0) is 0 Å². The Kier molecular flexibility index (Phi) is 9.70. The lowest BCUT2D eigenvalue weighted by molar-refractivity contribution is -0.767. The van der Waals surface area contributed by atoms with E-state index in [0.29, 0.717) is 17.1 Å². The van der Waals surface area contributed by atoms with Gasteiger partial charge in [0.2, 0.25) is 10.4 Å². The lowest BCUT2D eigenvalue weighted by Gasteiger charge is -2.49. The number of rotatable bonds is 9. The molecule has 2 aromatic heterocycles. The summed E-state index contributed by atoms with van der Waals surface area (Å²) in [5.41, 5.74) is 12.0. The number of hydrogen-bond acceptors (Lipinski definition) is 14. The molecule has 2 amide bonds. The summed E-state index contributed by atoms with van der Waals surface area (Å²) in [7, 11) is -3.65. The van der Waals surface area contributed by atoms with Crippen LogP contribution in [0.4, 0.5) is 10.9 Å². The van der Waals surface area contributed by atoms with Crippen LogP contribution in [0.1, 0.15) is 5.69 Å². The normalized spacial score (nSPS) is 18.9. The van der Waals surface area contributed by atoms with E-state index in [9.17, 15) is 24.6 Å². The third-order valence-corrected chi connectivity index (χ3v) is 7.40. The molecule has 0 unspecified atom stereocenters. The SMILES string of the molecule is CON=C(C(=O)N[C@@H]1C(=O)N2C(C(=O)O)=C(C[n+]3ccc(N)n3CCO)CS[C@H]12)c1csc(N)n1.O=S(=O)([O-])O. The molecule has 2 aliphatic heterocycles. The van der Waals surface area contributed by atoms with Gasteiger partial charge >= 0.3 is 5.97 Å². The Hall–Kier alpha value is -3.76. The highest BCUT2D eigenvalue weighted by molar-refractivity contribution is 8.00. The summed E-state index contributed by atoms with van der Waals surface area (Å²) in [6.07, 6.45) is 1.68. The quantitative estimate of drug-likeness (QED) is 0.0412. The maximum Gasteiger partial charge on any atom is 0.352 e. The van der Waals surface area contributed by atoms with Gasteiger partial charge in [-0.3, -0.25) is 19.0 Å². The number of thioether (sulfide) groups is 1. The number of aromatic nitrogens is 3. The monoisotopic (exact) mass is 620 g/mol. The van der Waals surface area contributed by atoms with E-state index < -0.39 is 39.6 Å². The van der Waals surface area contributed by atoms with Crippen molar-refractivity contribution in [1.82, 2.24) is 19.9 Å². The van der Waals surface area contributed by atoms with Crippen molar-refractivity contribution in [2.45, 2.75) is 24.5 Å². The maximum absolute atomic E-state index is 13.0. The number of aliphatic hydroxyl groups is 1. The second-order valence-electron chi connectivity index (χ2n) is 7.92. The Morgan fingerprint density at radius 1 is 1.40 bits per heavy atom. The van der Waals surface area contributed by atoms with Gasteiger partial charge in [0.15, 0.2) is 29.4 Å². The number of fused-ring (bicyclic) bond motifs is 1. The van der Waals surface area contributed by atoms with Crippen LogP contribution >= 0.6 is 23.1 Å². The first-order chi connectivity index (χ1) is 18.8. The molecule has 1 fully saturated rings. The molecule has 218 valence electrons. The van der Waals surface area contributed by atoms with E-state index in [1.54, 1.807) is 21.6 Å². The summed E-state index contributed by atoms with van der Waals surface area (Å²) in [5.74, 6) is -1.79. The number of β-lactam (4-membered cyclic amide) rings is 1. The van der Waals surface area contributed by atoms with Crippen molar-refractivity contribution < 1.29 is 51.6 Å². The van der Waals surface area contributed by atoms with Gasteiger partial charge in [-0.2, -0.15) is 0 Å². The number of carbonyl (C=O) groups excluding carboxylic acids is 2. The fraction of sp³-hybridized carbons (Fsp3) is 0.368. The Labute approximate surface area is 234 Å². The van der Waals surface area contributed by atoms with Crippen molar-refractivity contribution in [1.29, 1.82) is 0 Å². The molecule has 0 aromatic carbocycles. The molecule has 21 heteroatoms. The summed E-state index contributed by atoms with van der Waals surface area (Å²) < 4.78 is 36.1. The van der Waals surface area contributed by atoms with Crippen molar-refractivity contribution >= 4 is 67.9 Å². The largest absolute Gasteiger partial charge is 0.726 e. The molecule has 4 rings (SSSR count). The maximum atomic E-state index is 13.0. The van der Waals surface area contributed by atoms with Crippen LogP contribution in [0.15, 0.2) is 34.1 Å². The number of hydrogen-bond donors (Lipinski definition) is 6. The van der Waals surface area contributed by atoms with Gasteiger partial charge in [-0.15, -0.1) is 32.5 Å². The number of nitrogens with zero attached hydrogens (tertiary/aromatic N) is 5. The fourth-order valence-electron chi connectivity index (χ4n) is 3.87. The topological polar surface area (TPSA) is 280 Å². The van der Waals surface area contributed by atoms with Crippen molar-refractivity contribution in [2.24, 2.45) is 5.16 Å². The zero-order chi connectivity index (χ0) is 29.8. The summed E-state index contributed by atoms with van der Waals surface area (Å²) in [6.45, 7) is 0.251. The molecular weight excluding hydrogens is 596 g/mol. The van der Waals surface area contributed by atoms with E-state index in [4.69, 9.17) is 33.8 Å². The van der Waals surface area contributed by atoms with Crippen LogP contribution < -0.4 is 21.5 Å². The van der Waals surface area contributed by atoms with Crippen LogP contribution in [0.3, 0.4) is 0 Å². The summed E-state index contributed by atoms with van der Waals surface area (Å²) >= 11 is 2.44. The van der Waals surface area contributed by atoms with Crippen LogP contribution in [0, 0.1) is 0 Å². The van der Waals surface area contributed by atoms with Crippen LogP contribution in [-0.2, 0) is 42.7 Å². The van der Waals surface area contributed by atoms with Gasteiger partial charge in [0.1, 0.15) is 36.5 Å². The molecule has 1 saturated heterocycles. The van der Waals surface area contributed by atoms with Crippen LogP contribution in [0.25, 0.3) is 0 Å². The van der Waals surface area contributed by atoms with Crippen molar-refractivity contribution in [3.8, 4) is 0 Å². The molecule has 0 aliphatic carbocycles. The standard InChI is InChI=1S/C19H22N8O6S2.H2O4S/c1-33-24-12(10-8-35-19(21)22-10)15(29)23-13-16(30)27-14(18(31)32)9(7-34-17(13)27)6-25-3-2-11(20)26(25)4-5-28;1-5(2,3)4/h2-3,8,13,17,20,28H,4-7H2,1H3,(H4,21,22,23,29,31,32);(H2,1,2,3,4)/t13-,17-;/m1./s1. The minimum atomic E-state index is -4.92. The molecule has 0 spiro atoms. The molecule has 40 heavy (non-hydrogen) atoms. The minimum Gasteiger partial charge on any atom is -0.726 e. The fourth-order valence-corrected chi connectivity index (χ4v) is 5.75. The van der Waals surface area contributed by atoms with Crippen molar-refractivity contribution in [2.75, 3.05) is 30.9 Å². The smallest absolute Gasteiger partial charge is 0.352 e. The lowest BCUT2D eigenvalue weighted by Crippen LogP contribution is -2.71. The number of aliphatic hydroxyl groups excluding tert-OH is 1. The number of anilines is 2. The number of carboxylic acids is 1. The first-order valence-corrected chi connectivity index (χ1v) is 14.2. The highest BCUT2D eigenvalue weighted by Gasteiger charge is 2.55.